The zero-order chi connectivity index (χ0) is 12.1. The molecule has 0 saturated heterocycles. The molecule has 0 aliphatic carbocycles. The summed E-state index contributed by atoms with van der Waals surface area (Å²) in [4.78, 5) is 10.9. The van der Waals surface area contributed by atoms with E-state index < -0.39 is 34.4 Å². The lowest BCUT2D eigenvalue weighted by Gasteiger charge is -2.12. The van der Waals surface area contributed by atoms with E-state index in [-0.39, 0.29) is 12.2 Å². The fourth-order valence-electron chi connectivity index (χ4n) is 0.768. The van der Waals surface area contributed by atoms with E-state index in [1.807, 2.05) is 0 Å². The second-order valence-electron chi connectivity index (χ2n) is 3.18. The Morgan fingerprint density at radius 3 is 2.40 bits per heavy atom. The van der Waals surface area contributed by atoms with E-state index in [2.05, 4.69) is 11.3 Å². The van der Waals surface area contributed by atoms with Crippen LogP contribution in [0.3, 0.4) is 0 Å². The quantitative estimate of drug-likeness (QED) is 0.371. The van der Waals surface area contributed by atoms with Crippen molar-refractivity contribution in [3.05, 3.63) is 12.2 Å². The van der Waals surface area contributed by atoms with E-state index in [1.54, 1.807) is 0 Å². The predicted octanol–water partition coefficient (Wildman–Crippen LogP) is -0.398. The molecule has 88 valence electrons. The standard InChI is InChI=1S/C8H14O6S/c1-6(2)8(10)14-4-7(3-9)5-15(11,12)13/h7,9H,1,3-5H2,2H3,(H,11,12,13). The summed E-state index contributed by atoms with van der Waals surface area (Å²) in [5.74, 6) is -2.14. The minimum absolute atomic E-state index is 0.179. The monoisotopic (exact) mass is 238 g/mol. The largest absolute Gasteiger partial charge is 0.462 e. The Balaban J connectivity index is 4.13. The van der Waals surface area contributed by atoms with Crippen LogP contribution in [0.2, 0.25) is 0 Å². The van der Waals surface area contributed by atoms with Gasteiger partial charge >= 0.3 is 5.97 Å². The van der Waals surface area contributed by atoms with Crippen LogP contribution in [-0.2, 0) is 19.6 Å². The first-order valence-electron chi connectivity index (χ1n) is 4.15. The Bertz CT molecular complexity index is 331. The van der Waals surface area contributed by atoms with Crippen LogP contribution in [0.15, 0.2) is 12.2 Å². The second kappa shape index (κ2) is 5.84. The first-order chi connectivity index (χ1) is 6.76. The molecule has 2 N–H and O–H groups in total. The van der Waals surface area contributed by atoms with Crippen molar-refractivity contribution in [1.82, 2.24) is 0 Å². The number of aliphatic hydroxyl groups is 1. The molecule has 0 aromatic carbocycles. The third-order valence-electron chi connectivity index (χ3n) is 1.50. The summed E-state index contributed by atoms with van der Waals surface area (Å²) in [7, 11) is -4.18. The van der Waals surface area contributed by atoms with Crippen molar-refractivity contribution in [3.63, 3.8) is 0 Å². The van der Waals surface area contributed by atoms with Gasteiger partial charge in [-0.2, -0.15) is 8.42 Å². The summed E-state index contributed by atoms with van der Waals surface area (Å²) < 4.78 is 34.1. The van der Waals surface area contributed by atoms with Gasteiger partial charge in [-0.1, -0.05) is 6.58 Å². The van der Waals surface area contributed by atoms with Crippen LogP contribution >= 0.6 is 0 Å². The van der Waals surface area contributed by atoms with Crippen molar-refractivity contribution < 1.29 is 27.6 Å². The van der Waals surface area contributed by atoms with E-state index in [0.717, 1.165) is 0 Å². The molecule has 0 bridgehead atoms. The molecule has 0 aromatic heterocycles. The number of rotatable bonds is 6. The van der Waals surface area contributed by atoms with Crippen LogP contribution in [0.1, 0.15) is 6.92 Å². The van der Waals surface area contributed by atoms with E-state index in [1.165, 1.54) is 6.92 Å². The minimum Gasteiger partial charge on any atom is -0.462 e. The first-order valence-corrected chi connectivity index (χ1v) is 5.76. The van der Waals surface area contributed by atoms with Crippen molar-refractivity contribution in [1.29, 1.82) is 0 Å². The summed E-state index contributed by atoms with van der Waals surface area (Å²) in [5.41, 5.74) is 0.179. The van der Waals surface area contributed by atoms with E-state index in [0.29, 0.717) is 0 Å². The summed E-state index contributed by atoms with van der Waals surface area (Å²) in [6.07, 6.45) is 0. The lowest BCUT2D eigenvalue weighted by atomic mass is 10.2. The van der Waals surface area contributed by atoms with E-state index in [9.17, 15) is 13.2 Å². The van der Waals surface area contributed by atoms with Crippen LogP contribution in [0.25, 0.3) is 0 Å². The Kier molecular flexibility index (Phi) is 5.48. The van der Waals surface area contributed by atoms with Crippen LogP contribution in [-0.4, -0.2) is 43.0 Å². The lowest BCUT2D eigenvalue weighted by Crippen LogP contribution is -2.25. The SMILES string of the molecule is C=C(C)C(=O)OCC(CO)CS(=O)(=O)O. The molecule has 0 aliphatic rings. The van der Waals surface area contributed by atoms with Crippen LogP contribution in [0.4, 0.5) is 0 Å². The number of esters is 1. The van der Waals surface area contributed by atoms with Gasteiger partial charge in [-0.15, -0.1) is 0 Å². The highest BCUT2D eigenvalue weighted by Crippen LogP contribution is 2.03. The Morgan fingerprint density at radius 1 is 1.53 bits per heavy atom. The van der Waals surface area contributed by atoms with Gasteiger partial charge in [0.05, 0.1) is 19.0 Å². The summed E-state index contributed by atoms with van der Waals surface area (Å²) in [6, 6.07) is 0. The van der Waals surface area contributed by atoms with Gasteiger partial charge < -0.3 is 9.84 Å². The highest BCUT2D eigenvalue weighted by Gasteiger charge is 2.18. The number of carbonyl (C=O) groups excluding carboxylic acids is 1. The normalized spacial score (nSPS) is 13.3. The van der Waals surface area contributed by atoms with Crippen LogP contribution in [0, 0.1) is 5.92 Å². The Morgan fingerprint density at radius 2 is 2.07 bits per heavy atom. The predicted molar refractivity (Wildman–Crippen MR) is 52.8 cm³/mol. The highest BCUT2D eigenvalue weighted by molar-refractivity contribution is 7.85. The smallest absolute Gasteiger partial charge is 0.333 e. The fourth-order valence-corrected chi connectivity index (χ4v) is 1.57. The number of ether oxygens (including phenoxy) is 1. The zero-order valence-electron chi connectivity index (χ0n) is 8.34. The first kappa shape index (κ1) is 14.1. The maximum absolute atomic E-state index is 10.9. The third-order valence-corrected chi connectivity index (χ3v) is 2.40. The molecule has 0 amide bonds. The number of carbonyl (C=O) groups is 1. The molecule has 0 fully saturated rings. The molecule has 0 heterocycles. The van der Waals surface area contributed by atoms with Crippen LogP contribution < -0.4 is 0 Å². The molecule has 0 aromatic rings. The molecule has 0 radical (unpaired) electrons. The molecule has 0 aliphatic heterocycles. The van der Waals surface area contributed by atoms with Crippen molar-refractivity contribution in [2.24, 2.45) is 5.92 Å². The van der Waals surface area contributed by atoms with Crippen molar-refractivity contribution >= 4 is 16.1 Å². The molecule has 7 heteroatoms. The van der Waals surface area contributed by atoms with Gasteiger partial charge in [0.2, 0.25) is 0 Å². The fraction of sp³-hybridized carbons (Fsp3) is 0.625. The molecular formula is C8H14O6S. The summed E-state index contributed by atoms with van der Waals surface area (Å²) in [5, 5.41) is 8.75. The average molecular weight is 238 g/mol. The molecule has 1 atom stereocenters. The lowest BCUT2D eigenvalue weighted by molar-refractivity contribution is -0.140. The van der Waals surface area contributed by atoms with E-state index >= 15 is 0 Å². The third kappa shape index (κ3) is 7.06. The van der Waals surface area contributed by atoms with Crippen molar-refractivity contribution in [3.8, 4) is 0 Å². The molecule has 0 rings (SSSR count). The van der Waals surface area contributed by atoms with Gasteiger partial charge in [0.15, 0.2) is 0 Å². The van der Waals surface area contributed by atoms with Crippen molar-refractivity contribution in [2.75, 3.05) is 19.0 Å². The minimum atomic E-state index is -4.18. The number of hydrogen-bond donors (Lipinski definition) is 2. The van der Waals surface area contributed by atoms with Crippen molar-refractivity contribution in [2.45, 2.75) is 6.92 Å². The Hall–Kier alpha value is -0.920. The number of aliphatic hydroxyl groups excluding tert-OH is 1. The Labute approximate surface area is 88.3 Å². The van der Waals surface area contributed by atoms with Gasteiger partial charge in [-0.25, -0.2) is 4.79 Å². The molecule has 1 unspecified atom stereocenters. The molecular weight excluding hydrogens is 224 g/mol. The zero-order valence-corrected chi connectivity index (χ0v) is 9.16. The average Bonchev–Trinajstić information content (AvgIpc) is 2.09. The molecule has 0 saturated carbocycles. The molecule has 0 spiro atoms. The van der Waals surface area contributed by atoms with Crippen LogP contribution in [0.5, 0.6) is 0 Å². The maximum atomic E-state index is 10.9. The summed E-state index contributed by atoms with van der Waals surface area (Å²) >= 11 is 0. The molecule has 6 nitrogen and oxygen atoms in total. The number of hydrogen-bond acceptors (Lipinski definition) is 5. The highest BCUT2D eigenvalue weighted by atomic mass is 32.2. The summed E-state index contributed by atoms with van der Waals surface area (Å²) in [6.45, 7) is 4.00. The van der Waals surface area contributed by atoms with Gasteiger partial charge in [-0.05, 0) is 6.92 Å². The molecule has 15 heavy (non-hydrogen) atoms. The van der Waals surface area contributed by atoms with Gasteiger partial charge in [-0.3, -0.25) is 4.55 Å². The topological polar surface area (TPSA) is 101 Å². The van der Waals surface area contributed by atoms with Gasteiger partial charge in [0.25, 0.3) is 10.1 Å². The van der Waals surface area contributed by atoms with E-state index in [4.69, 9.17) is 9.66 Å². The second-order valence-corrected chi connectivity index (χ2v) is 4.67. The van der Waals surface area contributed by atoms with Gasteiger partial charge in [0, 0.05) is 11.5 Å². The maximum Gasteiger partial charge on any atom is 0.333 e. The van der Waals surface area contributed by atoms with Gasteiger partial charge in [0.1, 0.15) is 0 Å².